The van der Waals surface area contributed by atoms with Crippen LogP contribution in [-0.4, -0.2) is 81.1 Å². The summed E-state index contributed by atoms with van der Waals surface area (Å²) in [5.74, 6) is -3.22. The zero-order valence-electron chi connectivity index (χ0n) is 24.3. The van der Waals surface area contributed by atoms with Crippen molar-refractivity contribution in [2.75, 3.05) is 47.1 Å². The van der Waals surface area contributed by atoms with Crippen molar-refractivity contribution in [2.24, 2.45) is 0 Å². The number of carbonyl (C=O) groups excluding carboxylic acids is 2. The highest BCUT2D eigenvalue weighted by Gasteiger charge is 2.47. The van der Waals surface area contributed by atoms with E-state index in [1.807, 2.05) is 36.2 Å². The van der Waals surface area contributed by atoms with E-state index in [9.17, 15) is 32.9 Å². The van der Waals surface area contributed by atoms with Crippen LogP contribution in [0, 0.1) is 10.1 Å². The average Bonchev–Trinajstić information content (AvgIpc) is 3.82. The first-order valence-electron chi connectivity index (χ1n) is 13.7. The first-order valence-corrected chi connectivity index (χ1v) is 13.7. The summed E-state index contributed by atoms with van der Waals surface area (Å²) in [6, 6.07) is 12.4. The molecule has 0 aliphatic carbocycles. The molecule has 0 amide bonds. The summed E-state index contributed by atoms with van der Waals surface area (Å²) in [5, 5.41) is 13.5. The third-order valence-electron chi connectivity index (χ3n) is 7.14. The molecule has 0 aromatic heterocycles. The number of hydrogen-bond donors (Lipinski definition) is 1. The van der Waals surface area contributed by atoms with Gasteiger partial charge in [-0.05, 0) is 43.7 Å². The van der Waals surface area contributed by atoms with Crippen LogP contribution in [0.2, 0.25) is 0 Å². The number of nitro groups is 1. The van der Waals surface area contributed by atoms with Crippen LogP contribution >= 0.6 is 0 Å². The van der Waals surface area contributed by atoms with Gasteiger partial charge in [-0.3, -0.25) is 10.1 Å². The smallest absolute Gasteiger partial charge is 0.431 e. The summed E-state index contributed by atoms with van der Waals surface area (Å²) in [6.07, 6.45) is -4.16. The van der Waals surface area contributed by atoms with Crippen molar-refractivity contribution in [1.29, 1.82) is 0 Å². The van der Waals surface area contributed by atoms with Crippen LogP contribution < -0.4 is 10.1 Å². The number of esters is 2. The number of alkyl halides is 3. The van der Waals surface area contributed by atoms with Crippen molar-refractivity contribution in [3.05, 3.63) is 92.3 Å². The Hall–Kier alpha value is -4.43. The van der Waals surface area contributed by atoms with E-state index in [0.29, 0.717) is 26.1 Å². The molecule has 1 saturated heterocycles. The molecule has 0 bridgehead atoms. The minimum atomic E-state index is -5.03. The van der Waals surface area contributed by atoms with Gasteiger partial charge in [-0.25, -0.2) is 9.59 Å². The molecule has 2 aliphatic heterocycles. The first kappa shape index (κ1) is 32.5. The molecule has 2 unspecified atom stereocenters. The number of likely N-dealkylation sites (N-methyl/N-ethyl adjacent to an activating group) is 1. The molecule has 14 heteroatoms. The van der Waals surface area contributed by atoms with Gasteiger partial charge >= 0.3 is 18.1 Å². The van der Waals surface area contributed by atoms with Gasteiger partial charge in [0.05, 0.1) is 35.7 Å². The Morgan fingerprint density at radius 1 is 1.11 bits per heavy atom. The van der Waals surface area contributed by atoms with E-state index < -0.39 is 45.9 Å². The van der Waals surface area contributed by atoms with Crippen molar-refractivity contribution >= 4 is 17.6 Å². The van der Waals surface area contributed by atoms with Crippen LogP contribution in [0.1, 0.15) is 24.0 Å². The van der Waals surface area contributed by atoms with E-state index in [1.54, 1.807) is 0 Å². The maximum Gasteiger partial charge on any atom is 0.431 e. The quantitative estimate of drug-likeness (QED) is 0.152. The number of nitrogens with one attached hydrogen (secondary N) is 1. The van der Waals surface area contributed by atoms with Gasteiger partial charge in [0.2, 0.25) is 0 Å². The molecule has 2 atom stereocenters. The average molecular weight is 620 g/mol. The van der Waals surface area contributed by atoms with Gasteiger partial charge < -0.3 is 29.2 Å². The summed E-state index contributed by atoms with van der Waals surface area (Å²) < 4.78 is 63.1. The number of ether oxygens (including phenoxy) is 4. The second-order valence-corrected chi connectivity index (χ2v) is 10.3. The lowest BCUT2D eigenvalue weighted by Crippen LogP contribution is -2.38. The van der Waals surface area contributed by atoms with Crippen molar-refractivity contribution in [2.45, 2.75) is 31.5 Å². The van der Waals surface area contributed by atoms with Crippen LogP contribution in [0.3, 0.4) is 0 Å². The number of non-ortho nitro benzene ring substituents is 1. The van der Waals surface area contributed by atoms with Crippen molar-refractivity contribution in [3.8, 4) is 5.75 Å². The van der Waals surface area contributed by atoms with Crippen molar-refractivity contribution in [1.82, 2.24) is 10.2 Å². The lowest BCUT2D eigenvalue weighted by atomic mass is 9.80. The zero-order valence-corrected chi connectivity index (χ0v) is 24.3. The number of nitro benzene ring substituents is 1. The summed E-state index contributed by atoms with van der Waals surface area (Å²) in [7, 11) is 2.73. The van der Waals surface area contributed by atoms with Crippen molar-refractivity contribution in [3.63, 3.8) is 0 Å². The molecule has 0 radical (unpaired) electrons. The third-order valence-corrected chi connectivity index (χ3v) is 7.14. The van der Waals surface area contributed by atoms with E-state index >= 15 is 0 Å². The lowest BCUT2D eigenvalue weighted by Gasteiger charge is -2.32. The van der Waals surface area contributed by atoms with Gasteiger partial charge in [-0.15, -0.1) is 0 Å². The largest absolute Gasteiger partial charge is 0.491 e. The Kier molecular flexibility index (Phi) is 10.3. The second kappa shape index (κ2) is 13.9. The fraction of sp³-hybridized carbons (Fsp3) is 0.400. The standard InChI is InChI=1S/C30H32F3N3O8/c1-18-24(29(38)42-14-13-35(2)12-11-19-7-9-22(10-8-19)43-16-23-17-44-23)25(20-5-4-6-21(15-20)36(39)40)26(28(37)41-3)27(34-18)30(31,32)33/h4-10,15,23,25,34H,11-14,16-17H2,1-3H3. The molecule has 2 aromatic rings. The first-order chi connectivity index (χ1) is 20.9. The number of rotatable bonds is 13. The van der Waals surface area contributed by atoms with Crippen LogP contribution in [0.5, 0.6) is 5.75 Å². The molecule has 236 valence electrons. The van der Waals surface area contributed by atoms with Gasteiger partial charge in [0, 0.05) is 30.9 Å². The maximum atomic E-state index is 14.1. The van der Waals surface area contributed by atoms with E-state index in [2.05, 4.69) is 10.1 Å². The van der Waals surface area contributed by atoms with Gasteiger partial charge in [-0.1, -0.05) is 24.3 Å². The molecule has 0 spiro atoms. The van der Waals surface area contributed by atoms with Crippen LogP contribution in [0.15, 0.2) is 71.1 Å². The molecule has 0 saturated carbocycles. The highest BCUT2D eigenvalue weighted by molar-refractivity contribution is 6.00. The maximum absolute atomic E-state index is 14.1. The monoisotopic (exact) mass is 619 g/mol. The Morgan fingerprint density at radius 2 is 1.82 bits per heavy atom. The molecule has 11 nitrogen and oxygen atoms in total. The number of epoxide rings is 1. The van der Waals surface area contributed by atoms with Crippen LogP contribution in [0.4, 0.5) is 18.9 Å². The number of dihydropyridines is 1. The van der Waals surface area contributed by atoms with Crippen molar-refractivity contribution < 1.29 is 46.6 Å². The molecule has 2 aliphatic rings. The predicted octanol–water partition coefficient (Wildman–Crippen LogP) is 4.04. The third kappa shape index (κ3) is 8.14. The fourth-order valence-corrected chi connectivity index (χ4v) is 4.71. The van der Waals surface area contributed by atoms with E-state index in [4.69, 9.17) is 14.2 Å². The molecule has 44 heavy (non-hydrogen) atoms. The summed E-state index contributed by atoms with van der Waals surface area (Å²) in [4.78, 5) is 38.7. The minimum Gasteiger partial charge on any atom is -0.491 e. The number of carbonyl (C=O) groups is 2. The number of allylic oxidation sites excluding steroid dienone is 2. The Bertz CT molecular complexity index is 1450. The number of halogens is 3. The van der Waals surface area contributed by atoms with E-state index in [-0.39, 0.29) is 29.5 Å². The number of hydrogen-bond acceptors (Lipinski definition) is 10. The normalized spacial score (nSPS) is 18.2. The SMILES string of the molecule is COC(=O)C1=C(C(F)(F)F)NC(C)=C(C(=O)OCCN(C)CCc2ccc(OCC3CO3)cc2)C1c1cccc([N+](=O)[O-])c1. The Balaban J connectivity index is 1.45. The topological polar surface area (TPSA) is 133 Å². The number of benzene rings is 2. The molecule has 2 aromatic carbocycles. The number of nitrogens with zero attached hydrogens (tertiary/aromatic N) is 2. The molecule has 2 heterocycles. The Labute approximate surface area is 251 Å². The molecule has 1 N–H and O–H groups in total. The summed E-state index contributed by atoms with van der Waals surface area (Å²) in [5.41, 5.74) is -2.28. The predicted molar refractivity (Wildman–Crippen MR) is 151 cm³/mol. The van der Waals surface area contributed by atoms with Gasteiger partial charge in [-0.2, -0.15) is 13.2 Å². The van der Waals surface area contributed by atoms with Crippen LogP contribution in [-0.2, 0) is 30.2 Å². The highest BCUT2D eigenvalue weighted by atomic mass is 19.4. The highest BCUT2D eigenvalue weighted by Crippen LogP contribution is 2.44. The van der Waals surface area contributed by atoms with Gasteiger partial charge in [0.25, 0.3) is 5.69 Å². The summed E-state index contributed by atoms with van der Waals surface area (Å²) in [6.45, 7) is 3.30. The molecule has 1 fully saturated rings. The second-order valence-electron chi connectivity index (χ2n) is 10.3. The van der Waals surface area contributed by atoms with E-state index in [0.717, 1.165) is 37.2 Å². The fourth-order valence-electron chi connectivity index (χ4n) is 4.71. The molecule has 4 rings (SSSR count). The van der Waals surface area contributed by atoms with Crippen LogP contribution in [0.25, 0.3) is 0 Å². The Morgan fingerprint density at radius 3 is 2.43 bits per heavy atom. The summed E-state index contributed by atoms with van der Waals surface area (Å²) >= 11 is 0. The molecular weight excluding hydrogens is 587 g/mol. The minimum absolute atomic E-state index is 0.0800. The van der Waals surface area contributed by atoms with Gasteiger partial charge in [0.15, 0.2) is 0 Å². The van der Waals surface area contributed by atoms with Gasteiger partial charge in [0.1, 0.15) is 30.8 Å². The number of methoxy groups -OCH3 is 1. The lowest BCUT2D eigenvalue weighted by molar-refractivity contribution is -0.384. The van der Waals surface area contributed by atoms with E-state index in [1.165, 1.54) is 19.1 Å². The molecular formula is C30H32F3N3O8. The zero-order chi connectivity index (χ0) is 32.0.